The number of aromatic carboxylic acids is 1. The molecular weight excluding hydrogens is 348 g/mol. The Bertz CT molecular complexity index is 1110. The van der Waals surface area contributed by atoms with Crippen molar-refractivity contribution in [1.82, 2.24) is 4.98 Å². The zero-order valence-corrected chi connectivity index (χ0v) is 14.5. The van der Waals surface area contributed by atoms with Gasteiger partial charge < -0.3 is 9.52 Å². The predicted octanol–water partition coefficient (Wildman–Crippen LogP) is 4.56. The third-order valence-corrected chi connectivity index (χ3v) is 4.74. The van der Waals surface area contributed by atoms with Crippen molar-refractivity contribution in [1.29, 1.82) is 0 Å². The van der Waals surface area contributed by atoms with Gasteiger partial charge in [-0.2, -0.15) is 0 Å². The standard InChI is InChI=1S/C20H16N2O5/c1-11-8-12(10-13-6-7-17(27-13)22(25)26)19-15(9-11)18(20(23)24)14-4-2-3-5-16(14)21-19/h2-7,10-11H,8-9H2,1H3,(H,23,24)/b12-10+. The topological polar surface area (TPSA) is 106 Å². The van der Waals surface area contributed by atoms with E-state index in [2.05, 4.69) is 0 Å². The molecule has 0 fully saturated rings. The first-order valence-electron chi connectivity index (χ1n) is 8.54. The average Bonchev–Trinajstić information content (AvgIpc) is 3.08. The number of furan rings is 1. The Morgan fingerprint density at radius 1 is 1.30 bits per heavy atom. The number of aromatic nitrogens is 1. The van der Waals surface area contributed by atoms with E-state index < -0.39 is 10.9 Å². The third-order valence-electron chi connectivity index (χ3n) is 4.74. The highest BCUT2D eigenvalue weighted by Crippen LogP contribution is 2.38. The summed E-state index contributed by atoms with van der Waals surface area (Å²) in [5.74, 6) is -0.742. The molecule has 0 radical (unpaired) electrons. The Balaban J connectivity index is 1.94. The van der Waals surface area contributed by atoms with Gasteiger partial charge in [0.25, 0.3) is 0 Å². The summed E-state index contributed by atoms with van der Waals surface area (Å²) in [4.78, 5) is 26.9. The number of pyridine rings is 1. The van der Waals surface area contributed by atoms with Crippen LogP contribution >= 0.6 is 0 Å². The average molecular weight is 364 g/mol. The molecule has 2 heterocycles. The number of carboxylic acids is 1. The van der Waals surface area contributed by atoms with Crippen LogP contribution in [0, 0.1) is 16.0 Å². The second-order valence-electron chi connectivity index (χ2n) is 6.75. The van der Waals surface area contributed by atoms with Crippen LogP contribution in [-0.4, -0.2) is 21.0 Å². The molecule has 0 saturated heterocycles. The van der Waals surface area contributed by atoms with Crippen LogP contribution in [-0.2, 0) is 6.42 Å². The third kappa shape index (κ3) is 2.97. The largest absolute Gasteiger partial charge is 0.478 e. The summed E-state index contributed by atoms with van der Waals surface area (Å²) in [6, 6.07) is 10.0. The van der Waals surface area contributed by atoms with E-state index in [0.29, 0.717) is 40.8 Å². The molecule has 0 spiro atoms. The number of carbonyl (C=O) groups is 1. The number of nitrogens with zero attached hydrogens (tertiary/aromatic N) is 2. The minimum atomic E-state index is -0.980. The van der Waals surface area contributed by atoms with E-state index in [1.54, 1.807) is 24.3 Å². The summed E-state index contributed by atoms with van der Waals surface area (Å²) >= 11 is 0. The van der Waals surface area contributed by atoms with Gasteiger partial charge in [-0.05, 0) is 48.1 Å². The Morgan fingerprint density at radius 3 is 2.78 bits per heavy atom. The first-order chi connectivity index (χ1) is 12.9. The van der Waals surface area contributed by atoms with Gasteiger partial charge in [-0.1, -0.05) is 25.1 Å². The summed E-state index contributed by atoms with van der Waals surface area (Å²) < 4.78 is 5.24. The zero-order valence-electron chi connectivity index (χ0n) is 14.5. The molecule has 1 unspecified atom stereocenters. The number of carboxylic acid groups (broad SMARTS) is 1. The van der Waals surface area contributed by atoms with Gasteiger partial charge in [-0.15, -0.1) is 0 Å². The van der Waals surface area contributed by atoms with Crippen molar-refractivity contribution in [3.8, 4) is 0 Å². The van der Waals surface area contributed by atoms with Gasteiger partial charge in [0.1, 0.15) is 10.7 Å². The van der Waals surface area contributed by atoms with E-state index >= 15 is 0 Å². The highest BCUT2D eigenvalue weighted by molar-refractivity contribution is 6.05. The Hall–Kier alpha value is -3.48. The normalized spacial score (nSPS) is 17.8. The molecule has 3 aromatic rings. The van der Waals surface area contributed by atoms with Gasteiger partial charge in [-0.25, -0.2) is 9.78 Å². The lowest BCUT2D eigenvalue weighted by Gasteiger charge is -2.25. The van der Waals surface area contributed by atoms with E-state index in [-0.39, 0.29) is 17.4 Å². The zero-order chi connectivity index (χ0) is 19.1. The van der Waals surface area contributed by atoms with Crippen LogP contribution in [0.25, 0.3) is 22.6 Å². The Labute approximate surface area is 154 Å². The van der Waals surface area contributed by atoms with Crippen LogP contribution in [0.3, 0.4) is 0 Å². The van der Waals surface area contributed by atoms with Crippen LogP contribution < -0.4 is 0 Å². The minimum absolute atomic E-state index is 0.217. The van der Waals surface area contributed by atoms with Crippen molar-refractivity contribution in [2.45, 2.75) is 19.8 Å². The maximum Gasteiger partial charge on any atom is 0.433 e. The minimum Gasteiger partial charge on any atom is -0.478 e. The maximum absolute atomic E-state index is 12.0. The summed E-state index contributed by atoms with van der Waals surface area (Å²) in [6.07, 6.45) is 3.02. The molecule has 136 valence electrons. The molecule has 0 amide bonds. The molecule has 1 aliphatic carbocycles. The molecule has 1 atom stereocenters. The summed E-state index contributed by atoms with van der Waals surface area (Å²) in [6.45, 7) is 2.04. The Morgan fingerprint density at radius 2 is 2.07 bits per heavy atom. The maximum atomic E-state index is 12.0. The predicted molar refractivity (Wildman–Crippen MR) is 99.4 cm³/mol. The summed E-state index contributed by atoms with van der Waals surface area (Å²) in [5.41, 5.74) is 3.04. The van der Waals surface area contributed by atoms with Crippen LogP contribution in [0.2, 0.25) is 0 Å². The lowest BCUT2D eigenvalue weighted by Crippen LogP contribution is -2.17. The summed E-state index contributed by atoms with van der Waals surface area (Å²) in [7, 11) is 0. The van der Waals surface area contributed by atoms with Crippen molar-refractivity contribution < 1.29 is 19.2 Å². The van der Waals surface area contributed by atoms with E-state index in [1.807, 2.05) is 13.0 Å². The van der Waals surface area contributed by atoms with Crippen LogP contribution in [0.5, 0.6) is 0 Å². The lowest BCUT2D eigenvalue weighted by molar-refractivity contribution is -0.402. The van der Waals surface area contributed by atoms with Gasteiger partial charge in [-0.3, -0.25) is 10.1 Å². The molecule has 7 nitrogen and oxygen atoms in total. The van der Waals surface area contributed by atoms with Crippen molar-refractivity contribution in [3.05, 3.63) is 69.1 Å². The molecule has 0 saturated carbocycles. The molecule has 1 N–H and O–H groups in total. The number of hydrogen-bond donors (Lipinski definition) is 1. The molecule has 0 bridgehead atoms. The molecule has 27 heavy (non-hydrogen) atoms. The number of allylic oxidation sites excluding steroid dienone is 1. The molecule has 7 heteroatoms. The molecule has 0 aliphatic heterocycles. The van der Waals surface area contributed by atoms with Gasteiger partial charge in [0, 0.05) is 5.39 Å². The number of hydrogen-bond acceptors (Lipinski definition) is 5. The number of rotatable bonds is 3. The number of benzene rings is 1. The molecule has 4 rings (SSSR count). The monoisotopic (exact) mass is 364 g/mol. The first-order valence-corrected chi connectivity index (χ1v) is 8.54. The highest BCUT2D eigenvalue weighted by atomic mass is 16.6. The fourth-order valence-electron chi connectivity index (χ4n) is 3.67. The second kappa shape index (κ2) is 6.35. The fraction of sp³-hybridized carbons (Fsp3) is 0.200. The van der Waals surface area contributed by atoms with E-state index in [1.165, 1.54) is 12.1 Å². The van der Waals surface area contributed by atoms with Gasteiger partial charge in [0.05, 0.1) is 22.8 Å². The molecule has 2 aromatic heterocycles. The van der Waals surface area contributed by atoms with E-state index in [9.17, 15) is 20.0 Å². The highest BCUT2D eigenvalue weighted by Gasteiger charge is 2.28. The van der Waals surface area contributed by atoms with Gasteiger partial charge in [0.15, 0.2) is 0 Å². The second-order valence-corrected chi connectivity index (χ2v) is 6.75. The molecular formula is C20H16N2O5. The van der Waals surface area contributed by atoms with Crippen LogP contribution in [0.4, 0.5) is 5.88 Å². The van der Waals surface area contributed by atoms with Crippen molar-refractivity contribution in [2.75, 3.05) is 0 Å². The number of nitro groups is 1. The van der Waals surface area contributed by atoms with E-state index in [0.717, 1.165) is 5.57 Å². The first kappa shape index (κ1) is 17.0. The lowest BCUT2D eigenvalue weighted by atomic mass is 9.81. The molecule has 1 aliphatic rings. The smallest absolute Gasteiger partial charge is 0.433 e. The molecule has 1 aromatic carbocycles. The fourth-order valence-corrected chi connectivity index (χ4v) is 3.67. The van der Waals surface area contributed by atoms with Gasteiger partial charge in [0.2, 0.25) is 0 Å². The van der Waals surface area contributed by atoms with Crippen molar-refractivity contribution in [3.63, 3.8) is 0 Å². The van der Waals surface area contributed by atoms with Crippen molar-refractivity contribution >= 4 is 34.4 Å². The number of para-hydroxylation sites is 1. The summed E-state index contributed by atoms with van der Waals surface area (Å²) in [5, 5.41) is 21.3. The van der Waals surface area contributed by atoms with Crippen molar-refractivity contribution in [2.24, 2.45) is 5.92 Å². The van der Waals surface area contributed by atoms with E-state index in [4.69, 9.17) is 9.40 Å². The SMILES string of the molecule is CC1C/C(=C\c2ccc([N+](=O)[O-])o2)c2nc3ccccc3c(C(=O)O)c2C1. The van der Waals surface area contributed by atoms with Crippen LogP contribution in [0.1, 0.15) is 40.7 Å². The number of fused-ring (bicyclic) bond motifs is 2. The quantitative estimate of drug-likeness (QED) is 0.539. The van der Waals surface area contributed by atoms with Gasteiger partial charge >= 0.3 is 11.9 Å². The Kier molecular flexibility index (Phi) is 3.99. The van der Waals surface area contributed by atoms with Crippen LogP contribution in [0.15, 0.2) is 40.8 Å².